The van der Waals surface area contributed by atoms with Crippen LogP contribution in [-0.2, 0) is 9.59 Å². The molecule has 0 aromatic heterocycles. The number of nitrogens with zero attached hydrogens (tertiary/aromatic N) is 1. The van der Waals surface area contributed by atoms with Gasteiger partial charge in [-0.1, -0.05) is 12.1 Å². The third kappa shape index (κ3) is 5.12. The van der Waals surface area contributed by atoms with Crippen LogP contribution in [0.1, 0.15) is 5.56 Å². The zero-order valence-electron chi connectivity index (χ0n) is 10.3. The maximum Gasteiger partial charge on any atom is 0.328 e. The minimum absolute atomic E-state index is 0.0933. The second kappa shape index (κ2) is 7.96. The predicted octanol–water partition coefficient (Wildman–Crippen LogP) is 1.57. The highest BCUT2D eigenvalue weighted by atomic mass is 79.9. The van der Waals surface area contributed by atoms with E-state index in [9.17, 15) is 9.59 Å². The molecule has 0 saturated heterocycles. The van der Waals surface area contributed by atoms with Gasteiger partial charge < -0.3 is 15.2 Å². The standard InChI is InChI=1S/C13H11BrN2O4/c14-10-3-1-2-9(4-5-12(18)19)13(10)20-8-11(17)16-7-6-15/h1-5H,7-8H2,(H,16,17)(H,18,19). The molecule has 20 heavy (non-hydrogen) atoms. The zero-order chi connectivity index (χ0) is 15.0. The largest absolute Gasteiger partial charge is 0.482 e. The third-order valence-electron chi connectivity index (χ3n) is 2.12. The zero-order valence-corrected chi connectivity index (χ0v) is 11.9. The molecule has 0 saturated carbocycles. The number of nitriles is 1. The molecule has 1 amide bonds. The summed E-state index contributed by atoms with van der Waals surface area (Å²) in [5.41, 5.74) is 0.523. The van der Waals surface area contributed by atoms with Crippen LogP contribution in [0.4, 0.5) is 0 Å². The number of halogens is 1. The van der Waals surface area contributed by atoms with Gasteiger partial charge in [0.25, 0.3) is 5.91 Å². The Balaban J connectivity index is 2.80. The highest BCUT2D eigenvalue weighted by molar-refractivity contribution is 9.10. The third-order valence-corrected chi connectivity index (χ3v) is 2.74. The molecule has 0 unspecified atom stereocenters. The van der Waals surface area contributed by atoms with Gasteiger partial charge in [0.2, 0.25) is 0 Å². The summed E-state index contributed by atoms with van der Waals surface area (Å²) in [6.07, 6.45) is 2.35. The van der Waals surface area contributed by atoms with Gasteiger partial charge in [0.1, 0.15) is 12.3 Å². The van der Waals surface area contributed by atoms with Gasteiger partial charge in [-0.2, -0.15) is 5.26 Å². The van der Waals surface area contributed by atoms with Crippen LogP contribution in [0.15, 0.2) is 28.7 Å². The Morgan fingerprint density at radius 3 is 2.90 bits per heavy atom. The Hall–Kier alpha value is -2.33. The summed E-state index contributed by atoms with van der Waals surface area (Å²) in [5, 5.41) is 19.3. The predicted molar refractivity (Wildman–Crippen MR) is 74.9 cm³/mol. The van der Waals surface area contributed by atoms with Crippen LogP contribution >= 0.6 is 15.9 Å². The van der Waals surface area contributed by atoms with E-state index >= 15 is 0 Å². The van der Waals surface area contributed by atoms with E-state index in [4.69, 9.17) is 15.1 Å². The number of hydrogen-bond donors (Lipinski definition) is 2. The Kier molecular flexibility index (Phi) is 6.26. The van der Waals surface area contributed by atoms with Gasteiger partial charge >= 0.3 is 5.97 Å². The number of carboxylic acids is 1. The van der Waals surface area contributed by atoms with Gasteiger partial charge in [-0.3, -0.25) is 4.79 Å². The minimum atomic E-state index is -1.08. The fraction of sp³-hybridized carbons (Fsp3) is 0.154. The van der Waals surface area contributed by atoms with Crippen molar-refractivity contribution >= 4 is 33.9 Å². The fourth-order valence-electron chi connectivity index (χ4n) is 1.30. The quantitative estimate of drug-likeness (QED) is 0.605. The number of amides is 1. The van der Waals surface area contributed by atoms with Crippen molar-refractivity contribution < 1.29 is 19.4 Å². The molecule has 1 aromatic carbocycles. The Morgan fingerprint density at radius 2 is 2.25 bits per heavy atom. The van der Waals surface area contributed by atoms with Gasteiger partial charge in [-0.25, -0.2) is 4.79 Å². The molecule has 2 N–H and O–H groups in total. The summed E-state index contributed by atoms with van der Waals surface area (Å²) < 4.78 is 5.94. The molecule has 0 radical (unpaired) electrons. The highest BCUT2D eigenvalue weighted by Crippen LogP contribution is 2.30. The number of nitrogens with one attached hydrogen (secondary N) is 1. The van der Waals surface area contributed by atoms with E-state index in [-0.39, 0.29) is 13.2 Å². The van der Waals surface area contributed by atoms with Crippen molar-refractivity contribution in [3.05, 3.63) is 34.3 Å². The molecular formula is C13H11BrN2O4. The molecule has 1 aromatic rings. The molecule has 0 fully saturated rings. The second-order valence-corrected chi connectivity index (χ2v) is 4.41. The van der Waals surface area contributed by atoms with Crippen LogP contribution < -0.4 is 10.1 Å². The monoisotopic (exact) mass is 338 g/mol. The molecule has 0 atom stereocenters. The van der Waals surface area contributed by atoms with E-state index in [1.807, 2.05) is 0 Å². The highest BCUT2D eigenvalue weighted by Gasteiger charge is 2.09. The number of carbonyl (C=O) groups is 2. The van der Waals surface area contributed by atoms with Crippen molar-refractivity contribution in [2.45, 2.75) is 0 Å². The number of para-hydroxylation sites is 1. The molecule has 6 nitrogen and oxygen atoms in total. The smallest absolute Gasteiger partial charge is 0.328 e. The maximum absolute atomic E-state index is 11.3. The SMILES string of the molecule is N#CCNC(=O)COc1c(Br)cccc1C=CC(=O)O. The van der Waals surface area contributed by atoms with Crippen LogP contribution in [0.25, 0.3) is 6.08 Å². The molecular weight excluding hydrogens is 328 g/mol. The normalized spacial score (nSPS) is 10.0. The van der Waals surface area contributed by atoms with Crippen molar-refractivity contribution in [1.82, 2.24) is 5.32 Å². The number of rotatable bonds is 6. The molecule has 7 heteroatoms. The Morgan fingerprint density at radius 1 is 1.50 bits per heavy atom. The topological polar surface area (TPSA) is 99.4 Å². The van der Waals surface area contributed by atoms with Gasteiger partial charge in [0.05, 0.1) is 10.5 Å². The minimum Gasteiger partial charge on any atom is -0.482 e. The summed E-state index contributed by atoms with van der Waals surface area (Å²) in [4.78, 5) is 21.9. The molecule has 0 heterocycles. The van der Waals surface area contributed by atoms with Crippen LogP contribution in [0, 0.1) is 11.3 Å². The Labute approximate surface area is 123 Å². The van der Waals surface area contributed by atoms with Crippen molar-refractivity contribution in [2.24, 2.45) is 0 Å². The lowest BCUT2D eigenvalue weighted by Gasteiger charge is -2.10. The number of aliphatic carboxylic acids is 1. The van der Waals surface area contributed by atoms with Crippen LogP contribution in [0.2, 0.25) is 0 Å². The van der Waals surface area contributed by atoms with Gasteiger partial charge in [-0.05, 0) is 28.1 Å². The van der Waals surface area contributed by atoms with Crippen molar-refractivity contribution in [3.8, 4) is 11.8 Å². The lowest BCUT2D eigenvalue weighted by Crippen LogP contribution is -2.29. The lowest BCUT2D eigenvalue weighted by molar-refractivity contribution is -0.131. The van der Waals surface area contributed by atoms with Crippen molar-refractivity contribution in [3.63, 3.8) is 0 Å². The average molecular weight is 339 g/mol. The average Bonchev–Trinajstić information content (AvgIpc) is 2.41. The van der Waals surface area contributed by atoms with Crippen LogP contribution in [-0.4, -0.2) is 30.1 Å². The fourth-order valence-corrected chi connectivity index (χ4v) is 1.79. The maximum atomic E-state index is 11.3. The second-order valence-electron chi connectivity index (χ2n) is 3.55. The first-order chi connectivity index (χ1) is 9.54. The summed E-state index contributed by atoms with van der Waals surface area (Å²) in [5.74, 6) is -1.16. The molecule has 0 aliphatic heterocycles. The molecule has 0 spiro atoms. The number of ether oxygens (including phenoxy) is 1. The summed E-state index contributed by atoms with van der Waals surface area (Å²) in [6, 6.07) is 6.86. The summed E-state index contributed by atoms with van der Waals surface area (Å²) >= 11 is 3.27. The Bertz CT molecular complexity index is 578. The van der Waals surface area contributed by atoms with Gasteiger partial charge in [0, 0.05) is 11.6 Å². The number of carbonyl (C=O) groups excluding carboxylic acids is 1. The molecule has 1 rings (SSSR count). The van der Waals surface area contributed by atoms with Crippen LogP contribution in [0.5, 0.6) is 5.75 Å². The van der Waals surface area contributed by atoms with E-state index < -0.39 is 11.9 Å². The van der Waals surface area contributed by atoms with E-state index in [1.54, 1.807) is 24.3 Å². The molecule has 0 aliphatic carbocycles. The summed E-state index contributed by atoms with van der Waals surface area (Å²) in [7, 11) is 0. The lowest BCUT2D eigenvalue weighted by atomic mass is 10.2. The van der Waals surface area contributed by atoms with E-state index in [0.29, 0.717) is 15.8 Å². The van der Waals surface area contributed by atoms with E-state index in [2.05, 4.69) is 21.2 Å². The van der Waals surface area contributed by atoms with Crippen molar-refractivity contribution in [1.29, 1.82) is 5.26 Å². The molecule has 0 aliphatic rings. The summed E-state index contributed by atoms with van der Waals surface area (Å²) in [6.45, 7) is -0.359. The van der Waals surface area contributed by atoms with Gasteiger partial charge in [0.15, 0.2) is 6.61 Å². The molecule has 0 bridgehead atoms. The number of benzene rings is 1. The first kappa shape index (κ1) is 15.7. The number of carboxylic acid groups (broad SMARTS) is 1. The molecule has 104 valence electrons. The van der Waals surface area contributed by atoms with E-state index in [0.717, 1.165) is 6.08 Å². The first-order valence-corrected chi connectivity index (χ1v) is 6.30. The van der Waals surface area contributed by atoms with Crippen LogP contribution in [0.3, 0.4) is 0 Å². The van der Waals surface area contributed by atoms with E-state index in [1.165, 1.54) is 6.08 Å². The first-order valence-electron chi connectivity index (χ1n) is 5.50. The van der Waals surface area contributed by atoms with Crippen molar-refractivity contribution in [2.75, 3.05) is 13.2 Å². The van der Waals surface area contributed by atoms with Gasteiger partial charge in [-0.15, -0.1) is 0 Å². The number of hydrogen-bond acceptors (Lipinski definition) is 4.